The van der Waals surface area contributed by atoms with Crippen molar-refractivity contribution in [1.82, 2.24) is 20.3 Å². The van der Waals surface area contributed by atoms with E-state index in [2.05, 4.69) is 34.8 Å². The van der Waals surface area contributed by atoms with Crippen LogP contribution in [0.4, 0.5) is 11.8 Å². The largest absolute Gasteiger partial charge is 0.393 e. The zero-order chi connectivity index (χ0) is 20.9. The van der Waals surface area contributed by atoms with Gasteiger partial charge in [-0.05, 0) is 70.9 Å². The van der Waals surface area contributed by atoms with E-state index in [4.69, 9.17) is 9.97 Å². The molecular weight excluding hydrogens is 376 g/mol. The van der Waals surface area contributed by atoms with Crippen molar-refractivity contribution >= 4 is 22.7 Å². The number of hydrogen-bond acceptors (Lipinski definition) is 7. The van der Waals surface area contributed by atoms with Crippen molar-refractivity contribution < 1.29 is 5.11 Å². The lowest BCUT2D eigenvalue weighted by atomic mass is 9.82. The lowest BCUT2D eigenvalue weighted by Crippen LogP contribution is -2.35. The number of nitrogens with zero attached hydrogens (tertiary/aromatic N) is 3. The van der Waals surface area contributed by atoms with Crippen molar-refractivity contribution in [2.24, 2.45) is 0 Å². The standard InChI is InChI=1S/C23H36N6O/c1-3-4-15(2)27-23-26-14-20-21(29-23)19(16-5-7-18(30)8-6-16)13-25-22(20)28-17-9-11-24-12-10-17/h13-18,24,30H,3-12H2,1-2H3,(H,25,28)(H,26,27,29)/t15?,16-,18-. The van der Waals surface area contributed by atoms with Gasteiger partial charge in [0.25, 0.3) is 0 Å². The third kappa shape index (κ3) is 5.01. The fourth-order valence-electron chi connectivity index (χ4n) is 4.80. The molecule has 2 fully saturated rings. The lowest BCUT2D eigenvalue weighted by Gasteiger charge is -2.28. The van der Waals surface area contributed by atoms with Gasteiger partial charge in [-0.2, -0.15) is 0 Å². The second-order valence-electron chi connectivity index (χ2n) is 9.03. The van der Waals surface area contributed by atoms with Crippen LogP contribution in [0.2, 0.25) is 0 Å². The zero-order valence-corrected chi connectivity index (χ0v) is 18.3. The highest BCUT2D eigenvalue weighted by molar-refractivity contribution is 5.91. The molecule has 4 N–H and O–H groups in total. The molecule has 3 heterocycles. The van der Waals surface area contributed by atoms with E-state index in [1.54, 1.807) is 0 Å². The molecule has 2 aromatic rings. The average molecular weight is 413 g/mol. The fourth-order valence-corrected chi connectivity index (χ4v) is 4.80. The Labute approximate surface area is 179 Å². The predicted molar refractivity (Wildman–Crippen MR) is 122 cm³/mol. The van der Waals surface area contributed by atoms with Crippen LogP contribution in [0.1, 0.15) is 76.7 Å². The normalized spacial score (nSPS) is 24.0. The third-order valence-corrected chi connectivity index (χ3v) is 6.56. The molecule has 1 saturated carbocycles. The van der Waals surface area contributed by atoms with Crippen LogP contribution < -0.4 is 16.0 Å². The second-order valence-corrected chi connectivity index (χ2v) is 9.03. The molecule has 0 amide bonds. The van der Waals surface area contributed by atoms with E-state index in [9.17, 15) is 5.11 Å². The van der Waals surface area contributed by atoms with Gasteiger partial charge in [0.2, 0.25) is 5.95 Å². The number of fused-ring (bicyclic) bond motifs is 1. The highest BCUT2D eigenvalue weighted by atomic mass is 16.3. The number of aliphatic hydroxyl groups is 1. The summed E-state index contributed by atoms with van der Waals surface area (Å²) in [5, 5.41) is 21.5. The molecule has 1 saturated heterocycles. The molecule has 1 unspecified atom stereocenters. The Hall–Kier alpha value is -1.99. The van der Waals surface area contributed by atoms with Crippen LogP contribution in [-0.4, -0.2) is 51.3 Å². The molecule has 0 radical (unpaired) electrons. The van der Waals surface area contributed by atoms with E-state index in [-0.39, 0.29) is 6.10 Å². The van der Waals surface area contributed by atoms with Crippen molar-refractivity contribution in [3.63, 3.8) is 0 Å². The Morgan fingerprint density at radius 2 is 1.87 bits per heavy atom. The van der Waals surface area contributed by atoms with Gasteiger partial charge in [0.05, 0.1) is 17.0 Å². The van der Waals surface area contributed by atoms with Crippen molar-refractivity contribution in [2.45, 2.75) is 89.3 Å². The van der Waals surface area contributed by atoms with Gasteiger partial charge in [0.15, 0.2) is 0 Å². The quantitative estimate of drug-likeness (QED) is 0.549. The first-order chi connectivity index (χ1) is 14.6. The molecule has 0 spiro atoms. The van der Waals surface area contributed by atoms with Gasteiger partial charge in [-0.1, -0.05) is 13.3 Å². The number of aromatic nitrogens is 3. The molecular formula is C23H36N6O. The molecule has 2 aliphatic rings. The van der Waals surface area contributed by atoms with Gasteiger partial charge < -0.3 is 21.1 Å². The maximum Gasteiger partial charge on any atom is 0.223 e. The Kier molecular flexibility index (Phi) is 7.00. The predicted octanol–water partition coefficient (Wildman–Crippen LogP) is 3.81. The van der Waals surface area contributed by atoms with E-state index in [0.717, 1.165) is 81.2 Å². The maximum atomic E-state index is 9.94. The molecule has 30 heavy (non-hydrogen) atoms. The topological polar surface area (TPSA) is 95.0 Å². The number of anilines is 2. The van der Waals surface area contributed by atoms with Gasteiger partial charge in [0, 0.05) is 30.0 Å². The van der Waals surface area contributed by atoms with E-state index in [1.807, 2.05) is 12.4 Å². The molecule has 0 aromatic carbocycles. The lowest BCUT2D eigenvalue weighted by molar-refractivity contribution is 0.122. The zero-order valence-electron chi connectivity index (χ0n) is 18.3. The maximum absolute atomic E-state index is 9.94. The van der Waals surface area contributed by atoms with Crippen LogP contribution in [-0.2, 0) is 0 Å². The van der Waals surface area contributed by atoms with Crippen LogP contribution in [0, 0.1) is 0 Å². The molecule has 7 heteroatoms. The first kappa shape index (κ1) is 21.2. The average Bonchev–Trinajstić information content (AvgIpc) is 2.75. The highest BCUT2D eigenvalue weighted by Crippen LogP contribution is 2.37. The number of aliphatic hydroxyl groups excluding tert-OH is 1. The summed E-state index contributed by atoms with van der Waals surface area (Å²) in [7, 11) is 0. The number of rotatable bonds is 7. The molecule has 164 valence electrons. The Morgan fingerprint density at radius 1 is 1.10 bits per heavy atom. The molecule has 2 aromatic heterocycles. The highest BCUT2D eigenvalue weighted by Gasteiger charge is 2.25. The van der Waals surface area contributed by atoms with E-state index >= 15 is 0 Å². The smallest absolute Gasteiger partial charge is 0.223 e. The summed E-state index contributed by atoms with van der Waals surface area (Å²) in [6.07, 6.45) is 11.9. The van der Waals surface area contributed by atoms with Gasteiger partial charge >= 0.3 is 0 Å². The van der Waals surface area contributed by atoms with E-state index in [0.29, 0.717) is 23.9 Å². The molecule has 4 rings (SSSR count). The summed E-state index contributed by atoms with van der Waals surface area (Å²) < 4.78 is 0. The molecule has 0 bridgehead atoms. The van der Waals surface area contributed by atoms with E-state index < -0.39 is 0 Å². The first-order valence-electron chi connectivity index (χ1n) is 11.7. The summed E-state index contributed by atoms with van der Waals surface area (Å²) >= 11 is 0. The first-order valence-corrected chi connectivity index (χ1v) is 11.7. The van der Waals surface area contributed by atoms with Crippen LogP contribution in [0.3, 0.4) is 0 Å². The Bertz CT molecular complexity index is 830. The molecule has 1 atom stereocenters. The SMILES string of the molecule is CCCC(C)Nc1ncc2c(NC3CCNCC3)ncc([C@H]3CC[C@H](O)CC3)c2n1. The van der Waals surface area contributed by atoms with Gasteiger partial charge in [-0.3, -0.25) is 0 Å². The van der Waals surface area contributed by atoms with Crippen LogP contribution in [0.5, 0.6) is 0 Å². The minimum Gasteiger partial charge on any atom is -0.393 e. The number of pyridine rings is 1. The van der Waals surface area contributed by atoms with Gasteiger partial charge in [-0.25, -0.2) is 15.0 Å². The summed E-state index contributed by atoms with van der Waals surface area (Å²) in [5.41, 5.74) is 2.20. The van der Waals surface area contributed by atoms with Gasteiger partial charge in [0.1, 0.15) is 5.82 Å². The van der Waals surface area contributed by atoms with Crippen LogP contribution in [0.15, 0.2) is 12.4 Å². The van der Waals surface area contributed by atoms with Gasteiger partial charge in [-0.15, -0.1) is 0 Å². The number of nitrogens with one attached hydrogen (secondary N) is 3. The van der Waals surface area contributed by atoms with Crippen LogP contribution >= 0.6 is 0 Å². The van der Waals surface area contributed by atoms with Crippen LogP contribution in [0.25, 0.3) is 10.9 Å². The minimum atomic E-state index is -0.164. The van der Waals surface area contributed by atoms with Crippen molar-refractivity contribution in [3.8, 4) is 0 Å². The van der Waals surface area contributed by atoms with Crippen molar-refractivity contribution in [3.05, 3.63) is 18.0 Å². The minimum absolute atomic E-state index is 0.164. The summed E-state index contributed by atoms with van der Waals surface area (Å²) in [4.78, 5) is 14.4. The van der Waals surface area contributed by atoms with Crippen molar-refractivity contribution in [1.29, 1.82) is 0 Å². The Balaban J connectivity index is 1.67. The molecule has 1 aliphatic heterocycles. The molecule has 7 nitrogen and oxygen atoms in total. The summed E-state index contributed by atoms with van der Waals surface area (Å²) in [6.45, 7) is 6.45. The third-order valence-electron chi connectivity index (χ3n) is 6.56. The number of piperidine rings is 1. The second kappa shape index (κ2) is 9.88. The summed E-state index contributed by atoms with van der Waals surface area (Å²) in [6, 6.07) is 0.773. The summed E-state index contributed by atoms with van der Waals surface area (Å²) in [5.74, 6) is 1.98. The van der Waals surface area contributed by atoms with Crippen molar-refractivity contribution in [2.75, 3.05) is 23.7 Å². The Morgan fingerprint density at radius 3 is 2.60 bits per heavy atom. The van der Waals surface area contributed by atoms with E-state index in [1.165, 1.54) is 5.56 Å². The molecule has 1 aliphatic carbocycles. The monoisotopic (exact) mass is 412 g/mol. The number of hydrogen-bond donors (Lipinski definition) is 4. The fraction of sp³-hybridized carbons (Fsp3) is 0.696.